The van der Waals surface area contributed by atoms with Crippen molar-refractivity contribution in [2.24, 2.45) is 5.92 Å². The second-order valence-electron chi connectivity index (χ2n) is 5.54. The van der Waals surface area contributed by atoms with E-state index in [9.17, 15) is 13.2 Å². The van der Waals surface area contributed by atoms with Crippen LogP contribution in [0, 0.1) is 12.8 Å². The molecule has 0 saturated heterocycles. The number of rotatable bonds is 6. The van der Waals surface area contributed by atoms with Crippen LogP contribution in [0.15, 0.2) is 18.2 Å². The molecule has 0 saturated carbocycles. The van der Waals surface area contributed by atoms with E-state index in [4.69, 9.17) is 0 Å². The molecule has 0 radical (unpaired) electrons. The number of hydrogen-bond donors (Lipinski definition) is 1. The fourth-order valence-corrected chi connectivity index (χ4v) is 2.35. The van der Waals surface area contributed by atoms with E-state index in [-0.39, 0.29) is 5.92 Å². The standard InChI is InChI=1S/C16H24F3N/c1-5-8-20-10-12(3)13(4)15-7-6-14(9-11(15)2)16(17,18)19/h6-7,9,12-13,20H,5,8,10H2,1-4H3. The van der Waals surface area contributed by atoms with E-state index < -0.39 is 11.7 Å². The lowest BCUT2D eigenvalue weighted by Gasteiger charge is -2.23. The van der Waals surface area contributed by atoms with Crippen molar-refractivity contribution in [3.63, 3.8) is 0 Å². The van der Waals surface area contributed by atoms with E-state index in [1.807, 2.05) is 0 Å². The summed E-state index contributed by atoms with van der Waals surface area (Å²) >= 11 is 0. The highest BCUT2D eigenvalue weighted by atomic mass is 19.4. The second kappa shape index (κ2) is 7.11. The Morgan fingerprint density at radius 1 is 1.20 bits per heavy atom. The van der Waals surface area contributed by atoms with Crippen LogP contribution in [0.4, 0.5) is 13.2 Å². The van der Waals surface area contributed by atoms with Crippen molar-refractivity contribution in [3.05, 3.63) is 34.9 Å². The molecule has 20 heavy (non-hydrogen) atoms. The van der Waals surface area contributed by atoms with Crippen molar-refractivity contribution in [2.45, 2.75) is 46.2 Å². The maximum atomic E-state index is 12.7. The Morgan fingerprint density at radius 2 is 1.85 bits per heavy atom. The maximum absolute atomic E-state index is 12.7. The summed E-state index contributed by atoms with van der Waals surface area (Å²) in [6.07, 6.45) is -3.18. The minimum Gasteiger partial charge on any atom is -0.316 e. The van der Waals surface area contributed by atoms with Gasteiger partial charge in [0.15, 0.2) is 0 Å². The molecule has 0 heterocycles. The average Bonchev–Trinajstić information content (AvgIpc) is 2.37. The molecule has 1 aromatic carbocycles. The lowest BCUT2D eigenvalue weighted by molar-refractivity contribution is -0.137. The number of nitrogens with one attached hydrogen (secondary N) is 1. The molecule has 0 bridgehead atoms. The molecule has 0 amide bonds. The largest absolute Gasteiger partial charge is 0.416 e. The van der Waals surface area contributed by atoms with E-state index in [1.54, 1.807) is 13.0 Å². The first-order valence-corrected chi connectivity index (χ1v) is 7.15. The predicted molar refractivity (Wildman–Crippen MR) is 76.9 cm³/mol. The van der Waals surface area contributed by atoms with Crippen LogP contribution in [0.25, 0.3) is 0 Å². The molecular weight excluding hydrogens is 263 g/mol. The SMILES string of the molecule is CCCNCC(C)C(C)c1ccc(C(F)(F)F)cc1C. The van der Waals surface area contributed by atoms with Crippen LogP contribution in [0.5, 0.6) is 0 Å². The number of alkyl halides is 3. The molecule has 1 rings (SSSR count). The van der Waals surface area contributed by atoms with Gasteiger partial charge in [-0.15, -0.1) is 0 Å². The number of halogens is 3. The Morgan fingerprint density at radius 3 is 2.35 bits per heavy atom. The van der Waals surface area contributed by atoms with Gasteiger partial charge in [-0.3, -0.25) is 0 Å². The first kappa shape index (κ1) is 17.0. The summed E-state index contributed by atoms with van der Waals surface area (Å²) in [5.41, 5.74) is 1.15. The molecule has 2 atom stereocenters. The highest BCUT2D eigenvalue weighted by Gasteiger charge is 2.31. The highest BCUT2D eigenvalue weighted by molar-refractivity contribution is 5.35. The van der Waals surface area contributed by atoms with Gasteiger partial charge in [-0.2, -0.15) is 13.2 Å². The summed E-state index contributed by atoms with van der Waals surface area (Å²) in [4.78, 5) is 0. The van der Waals surface area contributed by atoms with Crippen LogP contribution in [0.2, 0.25) is 0 Å². The molecule has 0 aliphatic carbocycles. The zero-order valence-electron chi connectivity index (χ0n) is 12.6. The van der Waals surface area contributed by atoms with Gasteiger partial charge in [0.05, 0.1) is 5.56 Å². The highest BCUT2D eigenvalue weighted by Crippen LogP contribution is 2.33. The van der Waals surface area contributed by atoms with Crippen molar-refractivity contribution in [2.75, 3.05) is 13.1 Å². The lowest BCUT2D eigenvalue weighted by atomic mass is 9.85. The normalized spacial score (nSPS) is 15.2. The summed E-state index contributed by atoms with van der Waals surface area (Å²) in [6.45, 7) is 9.94. The number of benzene rings is 1. The number of hydrogen-bond acceptors (Lipinski definition) is 1. The third-order valence-electron chi connectivity index (χ3n) is 3.83. The Kier molecular flexibility index (Phi) is 6.06. The quantitative estimate of drug-likeness (QED) is 0.744. The average molecular weight is 287 g/mol. The van der Waals surface area contributed by atoms with Gasteiger partial charge in [-0.1, -0.05) is 26.8 Å². The van der Waals surface area contributed by atoms with Crippen molar-refractivity contribution in [3.8, 4) is 0 Å². The van der Waals surface area contributed by atoms with Gasteiger partial charge in [0.2, 0.25) is 0 Å². The van der Waals surface area contributed by atoms with Gasteiger partial charge < -0.3 is 5.32 Å². The van der Waals surface area contributed by atoms with Crippen molar-refractivity contribution >= 4 is 0 Å². The van der Waals surface area contributed by atoms with Crippen molar-refractivity contribution in [1.29, 1.82) is 0 Å². The zero-order valence-corrected chi connectivity index (χ0v) is 12.6. The van der Waals surface area contributed by atoms with E-state index >= 15 is 0 Å². The van der Waals surface area contributed by atoms with E-state index in [0.29, 0.717) is 5.92 Å². The lowest BCUT2D eigenvalue weighted by Crippen LogP contribution is -2.25. The second-order valence-corrected chi connectivity index (χ2v) is 5.54. The van der Waals surface area contributed by atoms with E-state index in [0.717, 1.165) is 30.6 Å². The molecule has 0 aliphatic heterocycles. The van der Waals surface area contributed by atoms with E-state index in [1.165, 1.54) is 12.1 Å². The summed E-state index contributed by atoms with van der Waals surface area (Å²) in [6, 6.07) is 4.06. The molecule has 114 valence electrons. The molecule has 2 unspecified atom stereocenters. The van der Waals surface area contributed by atoms with Crippen molar-refractivity contribution < 1.29 is 13.2 Å². The monoisotopic (exact) mass is 287 g/mol. The van der Waals surface area contributed by atoms with Crippen LogP contribution in [-0.4, -0.2) is 13.1 Å². The first-order chi connectivity index (χ1) is 9.27. The minimum absolute atomic E-state index is 0.238. The van der Waals surface area contributed by atoms with Crippen LogP contribution in [-0.2, 0) is 6.18 Å². The molecular formula is C16H24F3N. The first-order valence-electron chi connectivity index (χ1n) is 7.15. The third-order valence-corrected chi connectivity index (χ3v) is 3.83. The van der Waals surface area contributed by atoms with Crippen LogP contribution in [0.1, 0.15) is 49.8 Å². The molecule has 0 fully saturated rings. The molecule has 1 nitrogen and oxygen atoms in total. The maximum Gasteiger partial charge on any atom is 0.416 e. The van der Waals surface area contributed by atoms with Gasteiger partial charge in [0.1, 0.15) is 0 Å². The fraction of sp³-hybridized carbons (Fsp3) is 0.625. The van der Waals surface area contributed by atoms with Crippen LogP contribution >= 0.6 is 0 Å². The predicted octanol–water partition coefficient (Wildman–Crippen LogP) is 4.75. The molecule has 4 heteroatoms. The summed E-state index contributed by atoms with van der Waals surface area (Å²) in [5.74, 6) is 0.624. The Bertz CT molecular complexity index is 426. The number of aryl methyl sites for hydroxylation is 1. The van der Waals surface area contributed by atoms with Crippen LogP contribution in [0.3, 0.4) is 0 Å². The third kappa shape index (κ3) is 4.51. The van der Waals surface area contributed by atoms with Crippen LogP contribution < -0.4 is 5.32 Å². The zero-order chi connectivity index (χ0) is 15.3. The molecule has 0 aromatic heterocycles. The summed E-state index contributed by atoms with van der Waals surface area (Å²) in [7, 11) is 0. The van der Waals surface area contributed by atoms with Gasteiger partial charge >= 0.3 is 6.18 Å². The summed E-state index contributed by atoms with van der Waals surface area (Å²) < 4.78 is 38.0. The van der Waals surface area contributed by atoms with Gasteiger partial charge in [-0.25, -0.2) is 0 Å². The smallest absolute Gasteiger partial charge is 0.316 e. The van der Waals surface area contributed by atoms with Gasteiger partial charge in [-0.05, 0) is 61.5 Å². The Hall–Kier alpha value is -1.03. The summed E-state index contributed by atoms with van der Waals surface area (Å²) in [5, 5.41) is 3.36. The molecule has 0 spiro atoms. The Balaban J connectivity index is 2.81. The van der Waals surface area contributed by atoms with Gasteiger partial charge in [0.25, 0.3) is 0 Å². The Labute approximate surface area is 119 Å². The topological polar surface area (TPSA) is 12.0 Å². The molecule has 1 N–H and O–H groups in total. The fourth-order valence-electron chi connectivity index (χ4n) is 2.35. The molecule has 0 aliphatic rings. The molecule has 1 aromatic rings. The minimum atomic E-state index is -4.26. The van der Waals surface area contributed by atoms with Gasteiger partial charge in [0, 0.05) is 0 Å². The van der Waals surface area contributed by atoms with Crippen molar-refractivity contribution in [1.82, 2.24) is 5.32 Å². The van der Waals surface area contributed by atoms with E-state index in [2.05, 4.69) is 26.1 Å².